The van der Waals surface area contributed by atoms with Crippen molar-refractivity contribution in [2.45, 2.75) is 29.4 Å². The number of hydrogen-bond donors (Lipinski definition) is 0. The van der Waals surface area contributed by atoms with Crippen LogP contribution in [0.2, 0.25) is 0 Å². The van der Waals surface area contributed by atoms with Gasteiger partial charge in [-0.1, -0.05) is 75.5 Å². The van der Waals surface area contributed by atoms with Crippen LogP contribution in [0.15, 0.2) is 77.8 Å². The van der Waals surface area contributed by atoms with Crippen LogP contribution in [0.1, 0.15) is 46.1 Å². The Kier molecular flexibility index (Phi) is 10.7. The van der Waals surface area contributed by atoms with Crippen LogP contribution in [0, 0.1) is 0 Å². The molecule has 2 atom stereocenters. The Labute approximate surface area is 227 Å². The summed E-state index contributed by atoms with van der Waals surface area (Å²) in [5, 5.41) is 0. The van der Waals surface area contributed by atoms with E-state index >= 15 is 0 Å². The summed E-state index contributed by atoms with van der Waals surface area (Å²) in [6.45, 7) is 2.46. The zero-order valence-electron chi connectivity index (χ0n) is 20.0. The first-order valence-corrected chi connectivity index (χ1v) is 13.3. The molecule has 0 spiro atoms. The Bertz CT molecular complexity index is 1180. The molecule has 0 aliphatic heterocycles. The number of hydrogen-bond acceptors (Lipinski definition) is 6. The Morgan fingerprint density at radius 1 is 0.972 bits per heavy atom. The van der Waals surface area contributed by atoms with E-state index in [0.717, 1.165) is 24.0 Å². The fourth-order valence-corrected chi connectivity index (χ4v) is 4.08. The van der Waals surface area contributed by atoms with Gasteiger partial charge in [-0.15, -0.1) is 0 Å². The summed E-state index contributed by atoms with van der Waals surface area (Å²) in [5.41, 5.74) is 2.88. The number of benzene rings is 3. The van der Waals surface area contributed by atoms with E-state index in [2.05, 4.69) is 36.9 Å². The van der Waals surface area contributed by atoms with Gasteiger partial charge in [-0.2, -0.15) is 0 Å². The minimum atomic E-state index is -0.599. The van der Waals surface area contributed by atoms with Crippen LogP contribution in [-0.2, 0) is 9.53 Å². The van der Waals surface area contributed by atoms with Gasteiger partial charge in [-0.25, -0.2) is 4.79 Å². The topological polar surface area (TPSA) is 74.2 Å². The lowest BCUT2D eigenvalue weighted by Gasteiger charge is -2.17. The van der Waals surface area contributed by atoms with Gasteiger partial charge in [0.2, 0.25) is 0 Å². The number of unbranched alkanes of at least 4 members (excludes halogenated alkanes) is 1. The molecule has 3 aromatic rings. The minimum absolute atomic E-state index is 0.256. The molecule has 0 aliphatic rings. The molecular weight excluding hydrogens is 590 g/mol. The number of carbonyl (C=O) groups excluding carboxylic acids is 2. The van der Waals surface area contributed by atoms with Gasteiger partial charge in [-0.05, 0) is 60.0 Å². The fourth-order valence-electron chi connectivity index (χ4n) is 3.16. The second-order valence-corrected chi connectivity index (χ2v) is 9.81. The maximum absolute atomic E-state index is 12.7. The summed E-state index contributed by atoms with van der Waals surface area (Å²) in [5.74, 6) is -0.0749. The molecule has 6 nitrogen and oxygen atoms in total. The molecule has 3 aromatic carbocycles. The highest BCUT2D eigenvalue weighted by molar-refractivity contribution is 9.12. The van der Waals surface area contributed by atoms with Gasteiger partial charge in [0.1, 0.15) is 4.83 Å². The first-order chi connectivity index (χ1) is 17.4. The number of esters is 2. The molecule has 36 heavy (non-hydrogen) atoms. The first-order valence-electron chi connectivity index (χ1n) is 11.5. The van der Waals surface area contributed by atoms with Crippen molar-refractivity contribution in [3.05, 3.63) is 89.5 Å². The minimum Gasteiger partial charge on any atom is -0.493 e. The number of carbonyl (C=O) groups is 2. The number of ether oxygens (including phenoxy) is 3. The molecule has 0 N–H and O–H groups in total. The van der Waals surface area contributed by atoms with E-state index in [0.29, 0.717) is 29.4 Å². The lowest BCUT2D eigenvalue weighted by atomic mass is 10.1. The molecule has 0 bridgehead atoms. The molecular formula is C28H27Br2NO5. The van der Waals surface area contributed by atoms with E-state index in [9.17, 15) is 9.59 Å². The maximum Gasteiger partial charge on any atom is 0.338 e. The predicted octanol–water partition coefficient (Wildman–Crippen LogP) is 7.21. The second-order valence-electron chi connectivity index (χ2n) is 7.84. The number of methoxy groups -OCH3 is 1. The van der Waals surface area contributed by atoms with E-state index in [1.807, 2.05) is 37.3 Å². The van der Waals surface area contributed by atoms with Crippen LogP contribution in [-0.4, -0.2) is 36.7 Å². The maximum atomic E-state index is 12.7. The average Bonchev–Trinajstić information content (AvgIpc) is 2.92. The van der Waals surface area contributed by atoms with Crippen molar-refractivity contribution in [2.24, 2.45) is 4.99 Å². The Hall–Kier alpha value is -2.97. The molecule has 0 saturated heterocycles. The Morgan fingerprint density at radius 3 is 2.36 bits per heavy atom. The van der Waals surface area contributed by atoms with E-state index in [1.165, 1.54) is 7.11 Å². The second kappa shape index (κ2) is 13.9. The summed E-state index contributed by atoms with van der Waals surface area (Å²) in [6.07, 6.45) is 3.48. The third-order valence-electron chi connectivity index (χ3n) is 5.20. The number of rotatable bonds is 11. The summed E-state index contributed by atoms with van der Waals surface area (Å²) >= 11 is 6.99. The Morgan fingerprint density at radius 2 is 1.69 bits per heavy atom. The predicted molar refractivity (Wildman–Crippen MR) is 148 cm³/mol. The third-order valence-corrected chi connectivity index (χ3v) is 7.86. The Balaban J connectivity index is 1.64. The zero-order valence-corrected chi connectivity index (χ0v) is 23.2. The van der Waals surface area contributed by atoms with Crippen molar-refractivity contribution in [1.29, 1.82) is 0 Å². The zero-order chi connectivity index (χ0) is 25.9. The summed E-state index contributed by atoms with van der Waals surface area (Å²) < 4.78 is 16.2. The van der Waals surface area contributed by atoms with E-state index in [1.54, 1.807) is 48.7 Å². The van der Waals surface area contributed by atoms with Crippen LogP contribution in [0.4, 0.5) is 5.69 Å². The average molecular weight is 617 g/mol. The third kappa shape index (κ3) is 7.77. The summed E-state index contributed by atoms with van der Waals surface area (Å²) in [7, 11) is 1.51. The molecule has 3 rings (SSSR count). The van der Waals surface area contributed by atoms with Gasteiger partial charge in [0.25, 0.3) is 0 Å². The van der Waals surface area contributed by atoms with Crippen LogP contribution >= 0.6 is 31.9 Å². The van der Waals surface area contributed by atoms with Gasteiger partial charge < -0.3 is 14.2 Å². The lowest BCUT2D eigenvalue weighted by molar-refractivity contribution is -0.133. The van der Waals surface area contributed by atoms with Crippen LogP contribution in [0.5, 0.6) is 11.5 Å². The van der Waals surface area contributed by atoms with Gasteiger partial charge in [0.05, 0.1) is 29.8 Å². The highest BCUT2D eigenvalue weighted by Crippen LogP contribution is 2.34. The standard InChI is InChI=1S/C28H27Br2NO5/c1-3-4-16-35-27(32)21-11-13-22(14-12-21)31-18-19-10-15-23(24(17-19)34-2)36-28(33)26(30)25(29)20-8-6-5-7-9-20/h5-15,17-18,25-26H,3-4,16H2,1-2H3. The molecule has 0 radical (unpaired) electrons. The van der Waals surface area contributed by atoms with Crippen molar-refractivity contribution < 1.29 is 23.8 Å². The van der Waals surface area contributed by atoms with Crippen molar-refractivity contribution in [3.8, 4) is 11.5 Å². The van der Waals surface area contributed by atoms with Crippen LogP contribution < -0.4 is 9.47 Å². The highest BCUT2D eigenvalue weighted by Gasteiger charge is 2.27. The molecule has 0 saturated carbocycles. The number of nitrogens with zero attached hydrogens (tertiary/aromatic N) is 1. The molecule has 0 fully saturated rings. The number of aliphatic imine (C=N–C) groups is 1. The quantitative estimate of drug-likeness (QED) is 0.0748. The molecule has 0 aromatic heterocycles. The van der Waals surface area contributed by atoms with E-state index < -0.39 is 10.8 Å². The van der Waals surface area contributed by atoms with Gasteiger partial charge >= 0.3 is 11.9 Å². The molecule has 8 heteroatoms. The summed E-state index contributed by atoms with van der Waals surface area (Å²) in [4.78, 5) is 28.3. The van der Waals surface area contributed by atoms with Crippen molar-refractivity contribution in [2.75, 3.05) is 13.7 Å². The van der Waals surface area contributed by atoms with Crippen LogP contribution in [0.3, 0.4) is 0 Å². The molecule has 0 heterocycles. The van der Waals surface area contributed by atoms with E-state index in [-0.39, 0.29) is 10.8 Å². The van der Waals surface area contributed by atoms with Crippen LogP contribution in [0.25, 0.3) is 0 Å². The number of halogens is 2. The van der Waals surface area contributed by atoms with E-state index in [4.69, 9.17) is 14.2 Å². The molecule has 0 aliphatic carbocycles. The van der Waals surface area contributed by atoms with Crippen molar-refractivity contribution in [3.63, 3.8) is 0 Å². The molecule has 0 amide bonds. The van der Waals surface area contributed by atoms with Gasteiger partial charge in [0, 0.05) is 6.21 Å². The SMILES string of the molecule is CCCCOC(=O)c1ccc(N=Cc2ccc(OC(=O)C(Br)C(Br)c3ccccc3)c(OC)c2)cc1. The van der Waals surface area contributed by atoms with Gasteiger partial charge in [-0.3, -0.25) is 9.79 Å². The normalized spacial score (nSPS) is 12.7. The monoisotopic (exact) mass is 615 g/mol. The van der Waals surface area contributed by atoms with Crippen molar-refractivity contribution in [1.82, 2.24) is 0 Å². The largest absolute Gasteiger partial charge is 0.493 e. The lowest BCUT2D eigenvalue weighted by Crippen LogP contribution is -2.24. The number of alkyl halides is 2. The molecule has 2 unspecified atom stereocenters. The van der Waals surface area contributed by atoms with Crippen molar-refractivity contribution >= 4 is 55.7 Å². The smallest absolute Gasteiger partial charge is 0.338 e. The molecule has 188 valence electrons. The first kappa shape index (κ1) is 27.6. The summed E-state index contributed by atoms with van der Waals surface area (Å²) in [6, 6.07) is 21.7. The van der Waals surface area contributed by atoms with Gasteiger partial charge in [0.15, 0.2) is 11.5 Å². The highest BCUT2D eigenvalue weighted by atomic mass is 79.9. The fraction of sp³-hybridized carbons (Fsp3) is 0.250.